The van der Waals surface area contributed by atoms with Gasteiger partial charge in [0.25, 0.3) is 0 Å². The summed E-state index contributed by atoms with van der Waals surface area (Å²) in [7, 11) is -4.66. The first-order chi connectivity index (χ1) is 24.4. The van der Waals surface area contributed by atoms with Crippen LogP contribution in [-0.2, 0) is 42.1 Å². The van der Waals surface area contributed by atoms with E-state index in [-0.39, 0.29) is 24.3 Å². The maximum absolute atomic E-state index is 15.7. The van der Waals surface area contributed by atoms with Gasteiger partial charge in [-0.3, -0.25) is 9.32 Å². The molecule has 0 saturated heterocycles. The van der Waals surface area contributed by atoms with Gasteiger partial charge in [0, 0.05) is 28.1 Å². The third-order valence-electron chi connectivity index (χ3n) is 7.59. The number of thiazole rings is 1. The molecule has 2 N–H and O–H groups in total. The molecule has 0 saturated carbocycles. The SMILES string of the molecule is CC(c1nc(-c2ccc(C#N)cc2)cs1)C(Cn1cncn1)(OC(=O)OCOCC(=O)c1ccc(COP(=O)(O)O)cc1)c1ccc(F)cc1F. The lowest BCUT2D eigenvalue weighted by Gasteiger charge is -2.37. The molecule has 0 spiro atoms. The Bertz CT molecular complexity index is 2070. The van der Waals surface area contributed by atoms with Crippen molar-refractivity contribution < 1.29 is 51.5 Å². The number of nitriles is 1. The summed E-state index contributed by atoms with van der Waals surface area (Å²) in [6.07, 6.45) is 1.25. The number of rotatable bonds is 15. The number of halogens is 2. The minimum absolute atomic E-state index is 0.203. The van der Waals surface area contributed by atoms with Crippen LogP contribution >= 0.6 is 19.2 Å². The predicted octanol–water partition coefficient (Wildman–Crippen LogP) is 5.87. The first-order valence-corrected chi connectivity index (χ1v) is 17.3. The molecule has 0 radical (unpaired) electrons. The van der Waals surface area contributed by atoms with Crippen LogP contribution in [0.1, 0.15) is 44.9 Å². The summed E-state index contributed by atoms with van der Waals surface area (Å²) in [5.41, 5.74) is 0.179. The predicted molar refractivity (Wildman–Crippen MR) is 175 cm³/mol. The summed E-state index contributed by atoms with van der Waals surface area (Å²) < 4.78 is 62.7. The molecule has 51 heavy (non-hydrogen) atoms. The molecule has 14 nitrogen and oxygen atoms in total. The summed E-state index contributed by atoms with van der Waals surface area (Å²) >= 11 is 1.21. The van der Waals surface area contributed by atoms with Gasteiger partial charge in [0.2, 0.25) is 0 Å². The number of hydrogen-bond acceptors (Lipinski definition) is 12. The van der Waals surface area contributed by atoms with Crippen molar-refractivity contribution in [3.63, 3.8) is 0 Å². The van der Waals surface area contributed by atoms with Crippen molar-refractivity contribution in [2.24, 2.45) is 0 Å². The van der Waals surface area contributed by atoms with E-state index < -0.39 is 56.3 Å². The number of hydrogen-bond donors (Lipinski definition) is 2. The zero-order valence-corrected chi connectivity index (χ0v) is 28.3. The van der Waals surface area contributed by atoms with E-state index in [1.807, 2.05) is 0 Å². The van der Waals surface area contributed by atoms with E-state index in [9.17, 15) is 18.5 Å². The molecule has 5 aromatic rings. The fourth-order valence-corrected chi connectivity index (χ4v) is 6.27. The van der Waals surface area contributed by atoms with Gasteiger partial charge in [0.1, 0.15) is 35.9 Å². The van der Waals surface area contributed by atoms with Gasteiger partial charge >= 0.3 is 14.0 Å². The molecule has 2 heterocycles. The lowest BCUT2D eigenvalue weighted by Crippen LogP contribution is -2.43. The van der Waals surface area contributed by atoms with Crippen molar-refractivity contribution in [2.75, 3.05) is 13.4 Å². The first-order valence-electron chi connectivity index (χ1n) is 14.9. The zero-order chi connectivity index (χ0) is 36.6. The van der Waals surface area contributed by atoms with Crippen LogP contribution in [0.2, 0.25) is 0 Å². The fraction of sp³-hybridized carbons (Fsp3) is 0.212. The van der Waals surface area contributed by atoms with Gasteiger partial charge in [-0.05, 0) is 29.8 Å². The summed E-state index contributed by atoms with van der Waals surface area (Å²) in [6, 6.07) is 17.3. The van der Waals surface area contributed by atoms with Gasteiger partial charge in [-0.1, -0.05) is 43.3 Å². The molecule has 3 aromatic carbocycles. The second-order valence-electron chi connectivity index (χ2n) is 10.9. The Labute approximate surface area is 293 Å². The molecule has 0 fully saturated rings. The van der Waals surface area contributed by atoms with Crippen molar-refractivity contribution in [2.45, 2.75) is 31.6 Å². The Hall–Kier alpha value is -5.21. The molecule has 2 atom stereocenters. The highest BCUT2D eigenvalue weighted by Gasteiger charge is 2.47. The van der Waals surface area contributed by atoms with E-state index in [1.54, 1.807) is 36.6 Å². The van der Waals surface area contributed by atoms with E-state index >= 15 is 4.39 Å². The average molecular weight is 740 g/mol. The third-order valence-corrected chi connectivity index (χ3v) is 9.08. The van der Waals surface area contributed by atoms with Crippen LogP contribution in [0.4, 0.5) is 13.6 Å². The molecule has 5 rings (SSSR count). The normalized spacial score (nSPS) is 13.2. The Balaban J connectivity index is 1.34. The molecule has 2 aromatic heterocycles. The van der Waals surface area contributed by atoms with Crippen LogP contribution in [-0.4, -0.2) is 54.9 Å². The maximum Gasteiger partial charge on any atom is 0.511 e. The second-order valence-corrected chi connectivity index (χ2v) is 13.1. The van der Waals surface area contributed by atoms with Gasteiger partial charge in [0.15, 0.2) is 18.2 Å². The summed E-state index contributed by atoms with van der Waals surface area (Å²) in [4.78, 5) is 52.2. The van der Waals surface area contributed by atoms with Gasteiger partial charge in [-0.2, -0.15) is 10.4 Å². The van der Waals surface area contributed by atoms with Gasteiger partial charge in [0.05, 0.1) is 36.4 Å². The van der Waals surface area contributed by atoms with E-state index in [4.69, 9.17) is 34.2 Å². The minimum atomic E-state index is -4.66. The van der Waals surface area contributed by atoms with E-state index in [0.717, 1.165) is 12.1 Å². The van der Waals surface area contributed by atoms with Crippen LogP contribution in [0, 0.1) is 23.0 Å². The van der Waals surface area contributed by atoms with Crippen LogP contribution in [0.3, 0.4) is 0 Å². The van der Waals surface area contributed by atoms with Crippen molar-refractivity contribution in [1.82, 2.24) is 19.7 Å². The number of nitrogens with zero attached hydrogens (tertiary/aromatic N) is 5. The molecule has 2 unspecified atom stereocenters. The largest absolute Gasteiger partial charge is 0.511 e. The molecule has 0 bridgehead atoms. The fourth-order valence-electron chi connectivity index (χ4n) is 4.98. The van der Waals surface area contributed by atoms with Crippen LogP contribution in [0.15, 0.2) is 84.8 Å². The Morgan fingerprint density at radius 2 is 1.84 bits per heavy atom. The number of aromatic nitrogens is 4. The Kier molecular flexibility index (Phi) is 11.8. The molecule has 18 heteroatoms. The van der Waals surface area contributed by atoms with Crippen molar-refractivity contribution in [1.29, 1.82) is 5.26 Å². The Morgan fingerprint density at radius 1 is 1.10 bits per heavy atom. The van der Waals surface area contributed by atoms with Crippen LogP contribution < -0.4 is 0 Å². The highest BCUT2D eigenvalue weighted by molar-refractivity contribution is 7.46. The zero-order valence-electron chi connectivity index (χ0n) is 26.6. The molecule has 0 aliphatic heterocycles. The van der Waals surface area contributed by atoms with Crippen LogP contribution in [0.25, 0.3) is 11.3 Å². The van der Waals surface area contributed by atoms with Gasteiger partial charge in [-0.15, -0.1) is 11.3 Å². The monoisotopic (exact) mass is 739 g/mol. The lowest BCUT2D eigenvalue weighted by molar-refractivity contribution is -0.0956. The minimum Gasteiger partial charge on any atom is -0.420 e. The number of ether oxygens (including phenoxy) is 3. The lowest BCUT2D eigenvalue weighted by atomic mass is 9.81. The Morgan fingerprint density at radius 3 is 2.49 bits per heavy atom. The van der Waals surface area contributed by atoms with Crippen molar-refractivity contribution in [3.8, 4) is 17.3 Å². The smallest absolute Gasteiger partial charge is 0.420 e. The quantitative estimate of drug-likeness (QED) is 0.0426. The first kappa shape index (κ1) is 37.1. The van der Waals surface area contributed by atoms with E-state index in [0.29, 0.717) is 33.5 Å². The summed E-state index contributed by atoms with van der Waals surface area (Å²) in [6.45, 7) is -0.279. The number of benzene rings is 3. The van der Waals surface area contributed by atoms with Crippen LogP contribution in [0.5, 0.6) is 0 Å². The molecule has 264 valence electrons. The number of carbonyl (C=O) groups excluding carboxylic acids is 2. The van der Waals surface area contributed by atoms with E-state index in [2.05, 4.69) is 20.7 Å². The molecule has 0 aliphatic rings. The number of Topliss-reactive ketones (excluding diaryl/α,β-unsaturated/α-hetero) is 1. The second kappa shape index (κ2) is 16.2. The van der Waals surface area contributed by atoms with Gasteiger partial charge in [-0.25, -0.2) is 32.8 Å². The van der Waals surface area contributed by atoms with Crippen molar-refractivity contribution in [3.05, 3.63) is 124 Å². The highest BCUT2D eigenvalue weighted by Crippen LogP contribution is 2.45. The summed E-state index contributed by atoms with van der Waals surface area (Å²) in [5.74, 6) is -3.27. The number of phosphoric ester groups is 1. The summed E-state index contributed by atoms with van der Waals surface area (Å²) in [5, 5.41) is 15.4. The number of carbonyl (C=O) groups is 2. The molecule has 0 amide bonds. The third kappa shape index (κ3) is 9.52. The maximum atomic E-state index is 15.7. The average Bonchev–Trinajstić information content (AvgIpc) is 3.81. The number of phosphoric acid groups is 1. The molecular weight excluding hydrogens is 711 g/mol. The van der Waals surface area contributed by atoms with E-state index in [1.165, 1.54) is 52.9 Å². The number of ketones is 1. The molecular formula is C33H28F2N5O9PS. The standard InChI is InChI=1S/C33H28F2N5O9PS/c1-21(31-39-29(16-51-31)24-6-2-22(13-36)3-7-24)33(17-40-19-37-18-38-40,27-11-10-26(34)12-28(27)35)49-32(42)47-20-46-15-30(41)25-8-4-23(5-9-25)14-48-50(43,44)45/h2-12,16,18-19,21H,14-15,17,20H2,1H3,(H2,43,44,45). The van der Waals surface area contributed by atoms with Crippen molar-refractivity contribution >= 4 is 31.1 Å². The highest BCUT2D eigenvalue weighted by atomic mass is 32.1. The molecule has 0 aliphatic carbocycles. The van der Waals surface area contributed by atoms with Gasteiger partial charge < -0.3 is 24.0 Å². The topological polar surface area (TPSA) is 196 Å².